The van der Waals surface area contributed by atoms with E-state index in [1.807, 2.05) is 6.92 Å². The summed E-state index contributed by atoms with van der Waals surface area (Å²) in [5.41, 5.74) is 5.56. The normalized spacial score (nSPS) is 16.8. The maximum Gasteiger partial charge on any atom is 0.252 e. The van der Waals surface area contributed by atoms with Crippen LogP contribution in [0.4, 0.5) is 0 Å². The van der Waals surface area contributed by atoms with Gasteiger partial charge in [-0.3, -0.25) is 4.79 Å². The molecule has 0 spiro atoms. The summed E-state index contributed by atoms with van der Waals surface area (Å²) in [7, 11) is -1.67. The first kappa shape index (κ1) is 20.4. The van der Waals surface area contributed by atoms with E-state index in [2.05, 4.69) is 0 Å². The molecule has 0 bridgehead atoms. The molecule has 9 heteroatoms. The predicted octanol–water partition coefficient (Wildman–Crippen LogP) is 1.30. The Kier molecular flexibility index (Phi) is 7.47. The molecule has 23 heavy (non-hydrogen) atoms. The van der Waals surface area contributed by atoms with Crippen LogP contribution in [0.25, 0.3) is 0 Å². The molecule has 1 amide bonds. The van der Waals surface area contributed by atoms with Crippen LogP contribution in [0.1, 0.15) is 24.6 Å². The summed E-state index contributed by atoms with van der Waals surface area (Å²) >= 11 is 1.18. The molecule has 1 aliphatic rings. The lowest BCUT2D eigenvalue weighted by Gasteiger charge is -2.23. The van der Waals surface area contributed by atoms with E-state index in [9.17, 15) is 13.2 Å². The molecule has 1 aliphatic heterocycles. The number of hydrogen-bond donors (Lipinski definition) is 1. The van der Waals surface area contributed by atoms with Gasteiger partial charge in [-0.15, -0.1) is 23.7 Å². The highest BCUT2D eigenvalue weighted by molar-refractivity contribution is 7.91. The van der Waals surface area contributed by atoms with Crippen LogP contribution in [0.15, 0.2) is 16.3 Å². The van der Waals surface area contributed by atoms with Crippen molar-refractivity contribution in [2.24, 2.45) is 5.73 Å². The van der Waals surface area contributed by atoms with Crippen molar-refractivity contribution in [3.05, 3.63) is 17.0 Å². The highest BCUT2D eigenvalue weighted by Crippen LogP contribution is 2.27. The van der Waals surface area contributed by atoms with Crippen molar-refractivity contribution in [2.75, 3.05) is 26.7 Å². The number of hydrogen-bond acceptors (Lipinski definition) is 5. The fraction of sp³-hybridized carbons (Fsp3) is 0.643. The van der Waals surface area contributed by atoms with Crippen LogP contribution < -0.4 is 5.73 Å². The van der Waals surface area contributed by atoms with Gasteiger partial charge in [0, 0.05) is 37.6 Å². The molecular weight excluding hydrogens is 358 g/mol. The van der Waals surface area contributed by atoms with Crippen molar-refractivity contribution in [2.45, 2.75) is 36.4 Å². The van der Waals surface area contributed by atoms with Gasteiger partial charge in [0.05, 0.1) is 6.42 Å². The Morgan fingerprint density at radius 2 is 2.00 bits per heavy atom. The van der Waals surface area contributed by atoms with E-state index in [-0.39, 0.29) is 30.8 Å². The summed E-state index contributed by atoms with van der Waals surface area (Å²) in [4.78, 5) is 14.5. The Labute approximate surface area is 148 Å². The number of carbonyl (C=O) groups excluding carboxylic acids is 1. The molecular formula is C14H24ClN3O3S2. The standard InChI is InChI=1S/C14H23N3O3S2.ClH/c1-11(10-15)16(2)13(18)9-12-5-6-14(21-12)22(19,20)17-7-3-4-8-17;/h5-6,11H,3-4,7-10,15H2,1-2H3;1H. The number of rotatable bonds is 6. The van der Waals surface area contributed by atoms with E-state index in [4.69, 9.17) is 5.73 Å². The van der Waals surface area contributed by atoms with Crippen LogP contribution in [0.5, 0.6) is 0 Å². The molecule has 1 aromatic heterocycles. The second kappa shape index (κ2) is 8.43. The summed E-state index contributed by atoms with van der Waals surface area (Å²) in [6.07, 6.45) is 2.04. The van der Waals surface area contributed by atoms with Gasteiger partial charge >= 0.3 is 0 Å². The molecule has 2 heterocycles. The average molecular weight is 382 g/mol. The molecule has 132 valence electrons. The lowest BCUT2D eigenvalue weighted by molar-refractivity contribution is -0.130. The van der Waals surface area contributed by atoms with Crippen molar-refractivity contribution in [3.63, 3.8) is 0 Å². The van der Waals surface area contributed by atoms with Gasteiger partial charge in [-0.2, -0.15) is 4.31 Å². The maximum atomic E-state index is 12.4. The van der Waals surface area contributed by atoms with Crippen LogP contribution in [0.2, 0.25) is 0 Å². The van der Waals surface area contributed by atoms with Gasteiger partial charge in [-0.25, -0.2) is 8.42 Å². The zero-order valence-electron chi connectivity index (χ0n) is 13.4. The predicted molar refractivity (Wildman–Crippen MR) is 94.6 cm³/mol. The molecule has 1 unspecified atom stereocenters. The summed E-state index contributed by atoms with van der Waals surface area (Å²) < 4.78 is 26.7. The molecule has 1 atom stereocenters. The largest absolute Gasteiger partial charge is 0.341 e. The smallest absolute Gasteiger partial charge is 0.252 e. The van der Waals surface area contributed by atoms with Crippen molar-refractivity contribution >= 4 is 39.7 Å². The summed E-state index contributed by atoms with van der Waals surface area (Å²) in [6, 6.07) is 3.31. The summed E-state index contributed by atoms with van der Waals surface area (Å²) in [5.74, 6) is -0.0510. The Morgan fingerprint density at radius 3 is 2.57 bits per heavy atom. The third kappa shape index (κ3) is 4.67. The fourth-order valence-electron chi connectivity index (χ4n) is 2.33. The Bertz CT molecular complexity index is 627. The van der Waals surface area contributed by atoms with Crippen LogP contribution >= 0.6 is 23.7 Å². The van der Waals surface area contributed by atoms with Crippen LogP contribution in [0, 0.1) is 0 Å². The van der Waals surface area contributed by atoms with Crippen molar-refractivity contribution in [3.8, 4) is 0 Å². The second-order valence-corrected chi connectivity index (χ2v) is 8.93. The van der Waals surface area contributed by atoms with Crippen molar-refractivity contribution in [1.82, 2.24) is 9.21 Å². The SMILES string of the molecule is CC(CN)N(C)C(=O)Cc1ccc(S(=O)(=O)N2CCCC2)s1.Cl. The quantitative estimate of drug-likeness (QED) is 0.805. The molecule has 0 radical (unpaired) electrons. The number of nitrogens with zero attached hydrogens (tertiary/aromatic N) is 2. The second-order valence-electron chi connectivity index (χ2n) is 5.60. The van der Waals surface area contributed by atoms with Gasteiger partial charge < -0.3 is 10.6 Å². The van der Waals surface area contributed by atoms with Crippen LogP contribution in [-0.2, 0) is 21.2 Å². The molecule has 2 rings (SSSR count). The first-order chi connectivity index (χ1) is 10.4. The number of halogens is 1. The molecule has 0 aliphatic carbocycles. The Balaban J connectivity index is 0.00000264. The van der Waals surface area contributed by atoms with Gasteiger partial charge in [0.1, 0.15) is 4.21 Å². The minimum atomic E-state index is -3.39. The maximum absolute atomic E-state index is 12.4. The third-order valence-corrected chi connectivity index (χ3v) is 7.47. The lowest BCUT2D eigenvalue weighted by Crippen LogP contribution is -2.40. The average Bonchev–Trinajstić information content (AvgIpc) is 3.17. The van der Waals surface area contributed by atoms with E-state index >= 15 is 0 Å². The zero-order valence-corrected chi connectivity index (χ0v) is 15.8. The number of nitrogens with two attached hydrogens (primary N) is 1. The number of sulfonamides is 1. The van der Waals surface area contributed by atoms with Crippen molar-refractivity contribution in [1.29, 1.82) is 0 Å². The summed E-state index contributed by atoms with van der Waals surface area (Å²) in [6.45, 7) is 3.47. The van der Waals surface area contributed by atoms with E-state index < -0.39 is 10.0 Å². The van der Waals surface area contributed by atoms with Crippen molar-refractivity contribution < 1.29 is 13.2 Å². The highest BCUT2D eigenvalue weighted by atomic mass is 35.5. The van der Waals surface area contributed by atoms with Gasteiger partial charge in [0.15, 0.2) is 0 Å². The molecule has 0 saturated carbocycles. The monoisotopic (exact) mass is 381 g/mol. The van der Waals surface area contributed by atoms with Gasteiger partial charge in [-0.05, 0) is 31.9 Å². The number of amides is 1. The highest BCUT2D eigenvalue weighted by Gasteiger charge is 2.28. The van der Waals surface area contributed by atoms with Gasteiger partial charge in [-0.1, -0.05) is 0 Å². The minimum absolute atomic E-state index is 0. The number of thiophene rings is 1. The minimum Gasteiger partial charge on any atom is -0.341 e. The topological polar surface area (TPSA) is 83.7 Å². The molecule has 2 N–H and O–H groups in total. The fourth-order valence-corrected chi connectivity index (χ4v) is 5.34. The van der Waals surface area contributed by atoms with E-state index in [0.717, 1.165) is 17.7 Å². The van der Waals surface area contributed by atoms with Gasteiger partial charge in [0.2, 0.25) is 5.91 Å². The van der Waals surface area contributed by atoms with Crippen LogP contribution in [0.3, 0.4) is 0 Å². The first-order valence-corrected chi connectivity index (χ1v) is 9.66. The Hall–Kier alpha value is -0.670. The lowest BCUT2D eigenvalue weighted by atomic mass is 10.2. The van der Waals surface area contributed by atoms with E-state index in [0.29, 0.717) is 23.8 Å². The Morgan fingerprint density at radius 1 is 1.39 bits per heavy atom. The van der Waals surface area contributed by atoms with Gasteiger partial charge in [0.25, 0.3) is 10.0 Å². The zero-order chi connectivity index (χ0) is 16.3. The number of likely N-dealkylation sites (N-methyl/N-ethyl adjacent to an activating group) is 1. The first-order valence-electron chi connectivity index (χ1n) is 7.41. The molecule has 1 aromatic rings. The molecule has 1 saturated heterocycles. The third-order valence-electron chi connectivity index (χ3n) is 4.02. The van der Waals surface area contributed by atoms with Crippen LogP contribution in [-0.4, -0.2) is 56.3 Å². The van der Waals surface area contributed by atoms with E-state index in [1.54, 1.807) is 24.1 Å². The molecule has 0 aromatic carbocycles. The summed E-state index contributed by atoms with van der Waals surface area (Å²) in [5, 5.41) is 0. The molecule has 6 nitrogen and oxygen atoms in total. The number of carbonyl (C=O) groups is 1. The van der Waals surface area contributed by atoms with E-state index in [1.165, 1.54) is 15.6 Å². The molecule has 1 fully saturated rings.